The molecule has 3 heterocycles. The van der Waals surface area contributed by atoms with Crippen LogP contribution in [-0.2, 0) is 19.5 Å². The van der Waals surface area contributed by atoms with E-state index in [1.165, 1.54) is 0 Å². The minimum Gasteiger partial charge on any atom is -0.348 e. The number of rotatable bonds is 6. The van der Waals surface area contributed by atoms with Crippen LogP contribution in [-0.4, -0.2) is 32.4 Å². The second-order valence-corrected chi connectivity index (χ2v) is 6.66. The number of hydrogen-bond donors (Lipinski definition) is 2. The van der Waals surface area contributed by atoms with Gasteiger partial charge in [0.15, 0.2) is 5.82 Å². The van der Waals surface area contributed by atoms with E-state index in [-0.39, 0.29) is 17.9 Å². The Hall–Kier alpha value is -2.70. The summed E-state index contributed by atoms with van der Waals surface area (Å²) in [5.74, 6) is -0.131. The van der Waals surface area contributed by atoms with Crippen molar-refractivity contribution in [2.75, 3.05) is 0 Å². The van der Waals surface area contributed by atoms with E-state index in [0.717, 1.165) is 43.5 Å². The van der Waals surface area contributed by atoms with E-state index in [2.05, 4.69) is 20.6 Å². The average molecular weight is 355 g/mol. The van der Waals surface area contributed by atoms with Crippen molar-refractivity contribution in [3.63, 3.8) is 0 Å². The molecule has 0 aliphatic carbocycles. The molecule has 0 fully saturated rings. The number of pyridine rings is 1. The number of carbonyl (C=O) groups excluding carboxylic acids is 2. The SMILES string of the molecule is CCC(C)NC(=O)c1nc(C(=O)NCc2ccncc2)n2c1CCCC2. The lowest BCUT2D eigenvalue weighted by molar-refractivity contribution is 0.0932. The molecule has 138 valence electrons. The molecule has 2 amide bonds. The lowest BCUT2D eigenvalue weighted by atomic mass is 10.1. The number of amides is 2. The summed E-state index contributed by atoms with van der Waals surface area (Å²) in [6.45, 7) is 5.10. The van der Waals surface area contributed by atoms with Crippen molar-refractivity contribution >= 4 is 11.8 Å². The number of nitrogens with one attached hydrogen (secondary N) is 2. The Morgan fingerprint density at radius 3 is 2.73 bits per heavy atom. The van der Waals surface area contributed by atoms with Crippen LogP contribution in [0.2, 0.25) is 0 Å². The minimum absolute atomic E-state index is 0.0763. The monoisotopic (exact) mass is 355 g/mol. The van der Waals surface area contributed by atoms with Crippen LogP contribution in [0.3, 0.4) is 0 Å². The molecule has 1 unspecified atom stereocenters. The van der Waals surface area contributed by atoms with Crippen LogP contribution in [0.15, 0.2) is 24.5 Å². The largest absolute Gasteiger partial charge is 0.348 e. The number of fused-ring (bicyclic) bond motifs is 1. The smallest absolute Gasteiger partial charge is 0.287 e. The second-order valence-electron chi connectivity index (χ2n) is 6.66. The van der Waals surface area contributed by atoms with Crippen LogP contribution in [0.4, 0.5) is 0 Å². The molecule has 0 saturated heterocycles. The third-order valence-corrected chi connectivity index (χ3v) is 4.73. The highest BCUT2D eigenvalue weighted by Crippen LogP contribution is 2.21. The first-order chi connectivity index (χ1) is 12.6. The van der Waals surface area contributed by atoms with Gasteiger partial charge in [-0.2, -0.15) is 0 Å². The Bertz CT molecular complexity index is 785. The summed E-state index contributed by atoms with van der Waals surface area (Å²) in [7, 11) is 0. The highest BCUT2D eigenvalue weighted by molar-refractivity contribution is 5.97. The third kappa shape index (κ3) is 3.92. The molecule has 0 saturated carbocycles. The predicted molar refractivity (Wildman–Crippen MR) is 97.8 cm³/mol. The lowest BCUT2D eigenvalue weighted by Gasteiger charge is -2.17. The molecule has 26 heavy (non-hydrogen) atoms. The van der Waals surface area contributed by atoms with E-state index in [4.69, 9.17) is 0 Å². The van der Waals surface area contributed by atoms with Crippen molar-refractivity contribution in [1.82, 2.24) is 25.2 Å². The van der Waals surface area contributed by atoms with Gasteiger partial charge < -0.3 is 15.2 Å². The molecular formula is C19H25N5O2. The molecule has 7 heteroatoms. The van der Waals surface area contributed by atoms with Gasteiger partial charge in [0, 0.05) is 31.5 Å². The summed E-state index contributed by atoms with van der Waals surface area (Å²) in [4.78, 5) is 33.6. The van der Waals surface area contributed by atoms with Gasteiger partial charge in [0.05, 0.1) is 5.69 Å². The summed E-state index contributed by atoms with van der Waals surface area (Å²) >= 11 is 0. The molecule has 0 radical (unpaired) electrons. The molecule has 1 aliphatic rings. The highest BCUT2D eigenvalue weighted by Gasteiger charge is 2.27. The number of nitrogens with zero attached hydrogens (tertiary/aromatic N) is 3. The van der Waals surface area contributed by atoms with Gasteiger partial charge in [-0.3, -0.25) is 14.6 Å². The predicted octanol–water partition coefficient (Wildman–Crippen LogP) is 2.07. The van der Waals surface area contributed by atoms with E-state index in [0.29, 0.717) is 18.1 Å². The first-order valence-corrected chi connectivity index (χ1v) is 9.17. The van der Waals surface area contributed by atoms with Crippen molar-refractivity contribution < 1.29 is 9.59 Å². The van der Waals surface area contributed by atoms with Crippen molar-refractivity contribution in [3.8, 4) is 0 Å². The zero-order valence-electron chi connectivity index (χ0n) is 15.3. The van der Waals surface area contributed by atoms with E-state index >= 15 is 0 Å². The molecule has 0 aromatic carbocycles. The first-order valence-electron chi connectivity index (χ1n) is 9.17. The van der Waals surface area contributed by atoms with Crippen LogP contribution in [0.25, 0.3) is 0 Å². The maximum atomic E-state index is 12.7. The van der Waals surface area contributed by atoms with Crippen molar-refractivity contribution in [1.29, 1.82) is 0 Å². The number of aromatic nitrogens is 3. The quantitative estimate of drug-likeness (QED) is 0.830. The highest BCUT2D eigenvalue weighted by atomic mass is 16.2. The zero-order chi connectivity index (χ0) is 18.5. The first kappa shape index (κ1) is 18.1. The van der Waals surface area contributed by atoms with E-state index < -0.39 is 0 Å². The third-order valence-electron chi connectivity index (χ3n) is 4.73. The second kappa shape index (κ2) is 8.12. The Labute approximate surface area is 153 Å². The van der Waals surface area contributed by atoms with Gasteiger partial charge in [-0.25, -0.2) is 4.98 Å². The van der Waals surface area contributed by atoms with Crippen molar-refractivity contribution in [3.05, 3.63) is 47.3 Å². The molecule has 1 atom stereocenters. The Morgan fingerprint density at radius 1 is 1.23 bits per heavy atom. The van der Waals surface area contributed by atoms with Crippen LogP contribution >= 0.6 is 0 Å². The maximum absolute atomic E-state index is 12.7. The number of imidazole rings is 1. The van der Waals surface area contributed by atoms with Gasteiger partial charge in [-0.05, 0) is 50.3 Å². The summed E-state index contributed by atoms with van der Waals surface area (Å²) in [5.41, 5.74) is 2.22. The van der Waals surface area contributed by atoms with Crippen LogP contribution in [0, 0.1) is 0 Å². The van der Waals surface area contributed by atoms with E-state index in [1.54, 1.807) is 12.4 Å². The van der Waals surface area contributed by atoms with Gasteiger partial charge in [0.25, 0.3) is 11.8 Å². The molecule has 2 aromatic heterocycles. The van der Waals surface area contributed by atoms with Gasteiger partial charge in [-0.1, -0.05) is 6.92 Å². The zero-order valence-corrected chi connectivity index (χ0v) is 15.3. The maximum Gasteiger partial charge on any atom is 0.287 e. The van der Waals surface area contributed by atoms with E-state index in [1.807, 2.05) is 30.5 Å². The Kier molecular flexibility index (Phi) is 5.65. The molecule has 7 nitrogen and oxygen atoms in total. The lowest BCUT2D eigenvalue weighted by Crippen LogP contribution is -2.33. The average Bonchev–Trinajstić information content (AvgIpc) is 3.06. The summed E-state index contributed by atoms with van der Waals surface area (Å²) < 4.78 is 1.90. The van der Waals surface area contributed by atoms with Gasteiger partial charge >= 0.3 is 0 Å². The standard InChI is InChI=1S/C19H25N5O2/c1-3-13(2)22-18(25)16-15-6-4-5-11-24(15)17(23-16)19(26)21-12-14-7-9-20-10-8-14/h7-10,13H,3-6,11-12H2,1-2H3,(H,21,26)(H,22,25). The molecule has 3 rings (SSSR count). The van der Waals surface area contributed by atoms with E-state index in [9.17, 15) is 9.59 Å². The van der Waals surface area contributed by atoms with Crippen LogP contribution < -0.4 is 10.6 Å². The normalized spacial score (nSPS) is 14.4. The molecule has 0 spiro atoms. The van der Waals surface area contributed by atoms with Crippen LogP contribution in [0.5, 0.6) is 0 Å². The Balaban J connectivity index is 1.80. The molecule has 2 aromatic rings. The molecule has 2 N–H and O–H groups in total. The van der Waals surface area contributed by atoms with Gasteiger partial charge in [0.1, 0.15) is 5.69 Å². The Morgan fingerprint density at radius 2 is 2.00 bits per heavy atom. The van der Waals surface area contributed by atoms with Crippen molar-refractivity contribution in [2.45, 2.75) is 58.7 Å². The van der Waals surface area contributed by atoms with Gasteiger partial charge in [-0.15, -0.1) is 0 Å². The molecular weight excluding hydrogens is 330 g/mol. The molecule has 1 aliphatic heterocycles. The fraction of sp³-hybridized carbons (Fsp3) is 0.474. The summed E-state index contributed by atoms with van der Waals surface area (Å²) in [6.07, 6.45) is 7.00. The molecule has 0 bridgehead atoms. The van der Waals surface area contributed by atoms with Gasteiger partial charge in [0.2, 0.25) is 0 Å². The van der Waals surface area contributed by atoms with Crippen LogP contribution in [0.1, 0.15) is 65.5 Å². The number of carbonyl (C=O) groups is 2. The summed E-state index contributed by atoms with van der Waals surface area (Å²) in [6, 6.07) is 3.78. The fourth-order valence-corrected chi connectivity index (χ4v) is 3.05. The fourth-order valence-electron chi connectivity index (χ4n) is 3.05. The summed E-state index contributed by atoms with van der Waals surface area (Å²) in [5, 5.41) is 5.84. The topological polar surface area (TPSA) is 88.9 Å². The van der Waals surface area contributed by atoms with Crippen molar-refractivity contribution in [2.24, 2.45) is 0 Å². The number of hydrogen-bond acceptors (Lipinski definition) is 4. The minimum atomic E-state index is -0.257.